The summed E-state index contributed by atoms with van der Waals surface area (Å²) >= 11 is 0. The van der Waals surface area contributed by atoms with Crippen molar-refractivity contribution in [2.45, 2.75) is 46.6 Å². The Balaban J connectivity index is 1.99. The second-order valence-electron chi connectivity index (χ2n) is 6.93. The molecule has 2 fully saturated rings. The van der Waals surface area contributed by atoms with Crippen LogP contribution in [0.15, 0.2) is 11.6 Å². The molecule has 0 aromatic heterocycles. The van der Waals surface area contributed by atoms with E-state index in [-0.39, 0.29) is 6.10 Å². The average Bonchev–Trinajstić information content (AvgIpc) is 2.15. The van der Waals surface area contributed by atoms with Crippen molar-refractivity contribution >= 4 is 0 Å². The van der Waals surface area contributed by atoms with E-state index in [4.69, 9.17) is 0 Å². The van der Waals surface area contributed by atoms with E-state index in [1.165, 1.54) is 18.4 Å². The Bertz CT molecular complexity index is 343. The minimum atomic E-state index is -0.165. The van der Waals surface area contributed by atoms with Crippen LogP contribution >= 0.6 is 0 Å². The maximum Gasteiger partial charge on any atom is 0.0760 e. The SMILES string of the molecule is CC1=CC(O)C2[C@@H]3C1[C@@]2(C)CC[C@H]3C(C)C. The van der Waals surface area contributed by atoms with Crippen molar-refractivity contribution in [1.82, 2.24) is 0 Å². The predicted octanol–water partition coefficient (Wildman–Crippen LogP) is 3.24. The van der Waals surface area contributed by atoms with Crippen LogP contribution in [0.1, 0.15) is 40.5 Å². The minimum absolute atomic E-state index is 0.165. The summed E-state index contributed by atoms with van der Waals surface area (Å²) in [6.07, 6.45) is 4.66. The lowest BCUT2D eigenvalue weighted by Crippen LogP contribution is -2.67. The molecule has 0 aromatic rings. The highest BCUT2D eigenvalue weighted by molar-refractivity contribution is 5.31. The Kier molecular flexibility index (Phi) is 2.12. The van der Waals surface area contributed by atoms with Gasteiger partial charge in [-0.3, -0.25) is 0 Å². The average molecular weight is 220 g/mol. The summed E-state index contributed by atoms with van der Waals surface area (Å²) < 4.78 is 0. The molecule has 16 heavy (non-hydrogen) atoms. The molecule has 4 rings (SSSR count). The van der Waals surface area contributed by atoms with Crippen LogP contribution < -0.4 is 0 Å². The molecule has 0 aromatic carbocycles. The van der Waals surface area contributed by atoms with E-state index in [0.29, 0.717) is 11.3 Å². The molecule has 4 aliphatic rings. The van der Waals surface area contributed by atoms with Crippen molar-refractivity contribution in [3.05, 3.63) is 11.6 Å². The summed E-state index contributed by atoms with van der Waals surface area (Å²) in [5.41, 5.74) is 1.89. The van der Waals surface area contributed by atoms with Gasteiger partial charge in [0.15, 0.2) is 0 Å². The molecule has 0 spiro atoms. The van der Waals surface area contributed by atoms with Crippen LogP contribution in [0, 0.1) is 35.0 Å². The van der Waals surface area contributed by atoms with Gasteiger partial charge in [-0.1, -0.05) is 32.4 Å². The molecule has 1 N–H and O–H groups in total. The molecular formula is C15H24O. The summed E-state index contributed by atoms with van der Waals surface area (Å²) in [7, 11) is 0. The van der Waals surface area contributed by atoms with E-state index in [9.17, 15) is 5.11 Å². The van der Waals surface area contributed by atoms with Crippen LogP contribution in [-0.4, -0.2) is 11.2 Å². The van der Waals surface area contributed by atoms with E-state index in [2.05, 4.69) is 33.8 Å². The topological polar surface area (TPSA) is 20.2 Å². The highest BCUT2D eigenvalue weighted by Gasteiger charge is 2.67. The van der Waals surface area contributed by atoms with Gasteiger partial charge in [-0.25, -0.2) is 0 Å². The Morgan fingerprint density at radius 3 is 2.69 bits per heavy atom. The Morgan fingerprint density at radius 1 is 1.44 bits per heavy atom. The second kappa shape index (κ2) is 3.13. The van der Waals surface area contributed by atoms with Crippen LogP contribution in [0.25, 0.3) is 0 Å². The van der Waals surface area contributed by atoms with Gasteiger partial charge in [0.2, 0.25) is 0 Å². The summed E-state index contributed by atoms with van der Waals surface area (Å²) in [5, 5.41) is 10.3. The molecule has 0 saturated heterocycles. The Morgan fingerprint density at radius 2 is 2.12 bits per heavy atom. The summed E-state index contributed by atoms with van der Waals surface area (Å²) in [4.78, 5) is 0. The number of fused-ring (bicyclic) bond motifs is 1. The minimum Gasteiger partial charge on any atom is -0.389 e. The van der Waals surface area contributed by atoms with Gasteiger partial charge in [-0.2, -0.15) is 0 Å². The first kappa shape index (κ1) is 10.8. The van der Waals surface area contributed by atoms with Crippen molar-refractivity contribution in [2.24, 2.45) is 35.0 Å². The molecule has 90 valence electrons. The zero-order valence-electron chi connectivity index (χ0n) is 10.9. The normalized spacial score (nSPS) is 54.6. The maximum absolute atomic E-state index is 10.3. The third kappa shape index (κ3) is 1.06. The molecule has 4 aliphatic carbocycles. The Hall–Kier alpha value is -0.300. The van der Waals surface area contributed by atoms with Crippen molar-refractivity contribution in [2.75, 3.05) is 0 Å². The number of allylic oxidation sites excluding steroid dienone is 1. The first-order valence-electron chi connectivity index (χ1n) is 6.83. The zero-order valence-corrected chi connectivity index (χ0v) is 10.9. The lowest BCUT2D eigenvalue weighted by atomic mass is 9.34. The van der Waals surface area contributed by atoms with Gasteiger partial charge >= 0.3 is 0 Å². The van der Waals surface area contributed by atoms with E-state index in [1.807, 2.05) is 0 Å². The monoisotopic (exact) mass is 220 g/mol. The highest BCUT2D eigenvalue weighted by Crippen LogP contribution is 2.71. The third-order valence-corrected chi connectivity index (χ3v) is 5.93. The largest absolute Gasteiger partial charge is 0.389 e. The number of hydrogen-bond acceptors (Lipinski definition) is 1. The first-order valence-corrected chi connectivity index (χ1v) is 6.83. The van der Waals surface area contributed by atoms with Crippen molar-refractivity contribution < 1.29 is 5.11 Å². The number of hydrogen-bond donors (Lipinski definition) is 1. The number of rotatable bonds is 1. The van der Waals surface area contributed by atoms with Gasteiger partial charge < -0.3 is 5.11 Å². The van der Waals surface area contributed by atoms with E-state index in [0.717, 1.165) is 23.7 Å². The summed E-state index contributed by atoms with van der Waals surface area (Å²) in [5.74, 6) is 3.73. The molecule has 2 saturated carbocycles. The molecule has 3 unspecified atom stereocenters. The molecule has 1 nitrogen and oxygen atoms in total. The molecule has 6 atom stereocenters. The molecule has 0 heterocycles. The third-order valence-electron chi connectivity index (χ3n) is 5.93. The molecule has 0 radical (unpaired) electrons. The van der Waals surface area contributed by atoms with Crippen molar-refractivity contribution in [1.29, 1.82) is 0 Å². The highest BCUT2D eigenvalue weighted by atomic mass is 16.3. The van der Waals surface area contributed by atoms with E-state index >= 15 is 0 Å². The quantitative estimate of drug-likeness (QED) is 0.673. The van der Waals surface area contributed by atoms with E-state index in [1.54, 1.807) is 0 Å². The molecule has 1 heteroatoms. The molecule has 0 aliphatic heterocycles. The number of aliphatic hydroxyl groups is 1. The van der Waals surface area contributed by atoms with E-state index < -0.39 is 0 Å². The maximum atomic E-state index is 10.3. The van der Waals surface area contributed by atoms with Gasteiger partial charge in [-0.05, 0) is 54.8 Å². The fraction of sp³-hybridized carbons (Fsp3) is 0.867. The van der Waals surface area contributed by atoms with Crippen LogP contribution in [0.4, 0.5) is 0 Å². The molecule has 0 amide bonds. The van der Waals surface area contributed by atoms with Crippen LogP contribution in [0.5, 0.6) is 0 Å². The van der Waals surface area contributed by atoms with Crippen LogP contribution in [-0.2, 0) is 0 Å². The van der Waals surface area contributed by atoms with Gasteiger partial charge in [0.1, 0.15) is 0 Å². The first-order chi connectivity index (χ1) is 7.47. The number of aliphatic hydroxyl groups excluding tert-OH is 1. The Labute approximate surface area is 98.9 Å². The predicted molar refractivity (Wildman–Crippen MR) is 65.9 cm³/mol. The zero-order chi connectivity index (χ0) is 11.7. The van der Waals surface area contributed by atoms with Crippen molar-refractivity contribution in [3.8, 4) is 0 Å². The fourth-order valence-electron chi connectivity index (χ4n) is 5.38. The van der Waals surface area contributed by atoms with Crippen LogP contribution in [0.2, 0.25) is 0 Å². The van der Waals surface area contributed by atoms with Crippen molar-refractivity contribution in [3.63, 3.8) is 0 Å². The van der Waals surface area contributed by atoms with Gasteiger partial charge in [0.05, 0.1) is 6.10 Å². The standard InChI is InChI=1S/C15H24O/c1-8(2)10-5-6-15(4)13-9(3)7-11(16)14(15)12(10)13/h7-8,10-14,16H,5-6H2,1-4H3/t10-,11?,12-,13?,14?,15+/m0/s1. The smallest absolute Gasteiger partial charge is 0.0760 e. The molecular weight excluding hydrogens is 196 g/mol. The van der Waals surface area contributed by atoms with Gasteiger partial charge in [0, 0.05) is 0 Å². The van der Waals surface area contributed by atoms with Gasteiger partial charge in [0.25, 0.3) is 0 Å². The lowest BCUT2D eigenvalue weighted by molar-refractivity contribution is -0.215. The summed E-state index contributed by atoms with van der Waals surface area (Å²) in [6, 6.07) is 0. The second-order valence-corrected chi connectivity index (χ2v) is 6.93. The van der Waals surface area contributed by atoms with Gasteiger partial charge in [-0.15, -0.1) is 0 Å². The lowest BCUT2D eigenvalue weighted by Gasteiger charge is -2.71. The molecule has 4 bridgehead atoms. The summed E-state index contributed by atoms with van der Waals surface area (Å²) in [6.45, 7) is 9.35. The van der Waals surface area contributed by atoms with Crippen LogP contribution in [0.3, 0.4) is 0 Å². The fourth-order valence-corrected chi connectivity index (χ4v) is 5.38.